The molecule has 0 saturated carbocycles. The van der Waals surface area contributed by atoms with Crippen LogP contribution in [0.25, 0.3) is 0 Å². The molecule has 0 radical (unpaired) electrons. The number of esters is 3. The minimum Gasteiger partial charge on any atom is -0.460 e. The van der Waals surface area contributed by atoms with Crippen molar-refractivity contribution in [1.82, 2.24) is 0 Å². The largest absolute Gasteiger partial charge is 0.460 e. The number of hydrogen-bond acceptors (Lipinski definition) is 10. The molecule has 0 aliphatic carbocycles. The topological polar surface area (TPSA) is 138 Å². The molecule has 0 amide bonds. The van der Waals surface area contributed by atoms with Gasteiger partial charge in [-0.3, -0.25) is 19.2 Å². The van der Waals surface area contributed by atoms with Crippen LogP contribution in [-0.2, 0) is 33.3 Å². The zero-order chi connectivity index (χ0) is 27.3. The van der Waals surface area contributed by atoms with E-state index in [1.807, 2.05) is 6.07 Å². The smallest absolute Gasteiger partial charge is 0.303 e. The normalized spacial score (nSPS) is 20.8. The first-order valence-electron chi connectivity index (χ1n) is 11.5. The molecule has 0 spiro atoms. The molecule has 0 unspecified atom stereocenters. The summed E-state index contributed by atoms with van der Waals surface area (Å²) < 4.78 is 27.8. The predicted octanol–water partition coefficient (Wildman–Crippen LogP) is 2.94. The van der Waals surface area contributed by atoms with E-state index in [-0.39, 0.29) is 12.4 Å². The van der Waals surface area contributed by atoms with Crippen LogP contribution in [0.3, 0.4) is 0 Å². The Labute approximate surface area is 214 Å². The Morgan fingerprint density at radius 2 is 1.38 bits per heavy atom. The van der Waals surface area contributed by atoms with Gasteiger partial charge in [-0.1, -0.05) is 0 Å². The van der Waals surface area contributed by atoms with E-state index in [2.05, 4.69) is 0 Å². The van der Waals surface area contributed by atoms with E-state index in [0.29, 0.717) is 33.6 Å². The second kappa shape index (κ2) is 11.7. The van der Waals surface area contributed by atoms with Gasteiger partial charge in [0.05, 0.1) is 18.2 Å². The van der Waals surface area contributed by atoms with Crippen LogP contribution in [0.15, 0.2) is 36.4 Å². The van der Waals surface area contributed by atoms with E-state index in [1.54, 1.807) is 50.2 Å². The molecular formula is C27H27NO9. The maximum atomic E-state index is 13.0. The molecule has 0 N–H and O–H groups in total. The van der Waals surface area contributed by atoms with E-state index in [0.717, 1.165) is 0 Å². The van der Waals surface area contributed by atoms with Crippen molar-refractivity contribution in [2.75, 3.05) is 6.61 Å². The van der Waals surface area contributed by atoms with Crippen LogP contribution < -0.4 is 4.74 Å². The van der Waals surface area contributed by atoms with Crippen LogP contribution in [0, 0.1) is 25.2 Å². The fourth-order valence-corrected chi connectivity index (χ4v) is 4.06. The molecule has 0 aromatic heterocycles. The van der Waals surface area contributed by atoms with Gasteiger partial charge in [0, 0.05) is 31.9 Å². The van der Waals surface area contributed by atoms with Crippen molar-refractivity contribution >= 4 is 23.7 Å². The zero-order valence-corrected chi connectivity index (χ0v) is 21.1. The minimum atomic E-state index is -1.24. The quantitative estimate of drug-likeness (QED) is 0.311. The third kappa shape index (κ3) is 6.71. The van der Waals surface area contributed by atoms with Gasteiger partial charge in [0.15, 0.2) is 18.0 Å². The maximum Gasteiger partial charge on any atom is 0.303 e. The molecule has 3 rings (SSSR count). The second-order valence-electron chi connectivity index (χ2n) is 8.57. The van der Waals surface area contributed by atoms with Crippen molar-refractivity contribution in [3.05, 3.63) is 64.2 Å². The number of ketones is 1. The summed E-state index contributed by atoms with van der Waals surface area (Å²) >= 11 is 0. The highest BCUT2D eigenvalue weighted by molar-refractivity contribution is 6.09. The Hall–Kier alpha value is -4.23. The van der Waals surface area contributed by atoms with Crippen LogP contribution in [0.4, 0.5) is 0 Å². The fraction of sp³-hybridized carbons (Fsp3) is 0.370. The van der Waals surface area contributed by atoms with Crippen molar-refractivity contribution in [1.29, 1.82) is 5.26 Å². The van der Waals surface area contributed by atoms with Crippen molar-refractivity contribution < 1.29 is 42.9 Å². The van der Waals surface area contributed by atoms with E-state index in [1.165, 1.54) is 20.8 Å². The Morgan fingerprint density at radius 3 is 1.89 bits per heavy atom. The molecule has 1 saturated heterocycles. The number of hydrogen-bond donors (Lipinski definition) is 0. The number of ether oxygens (including phenoxy) is 5. The van der Waals surface area contributed by atoms with Crippen molar-refractivity contribution in [3.8, 4) is 11.8 Å². The van der Waals surface area contributed by atoms with Gasteiger partial charge in [0.2, 0.25) is 12.4 Å². The van der Waals surface area contributed by atoms with Crippen LogP contribution in [0.1, 0.15) is 53.4 Å². The number of nitriles is 1. The lowest BCUT2D eigenvalue weighted by atomic mass is 9.98. The summed E-state index contributed by atoms with van der Waals surface area (Å²) in [6.45, 7) is 6.87. The average Bonchev–Trinajstić information content (AvgIpc) is 2.83. The molecule has 1 aliphatic rings. The van der Waals surface area contributed by atoms with E-state index >= 15 is 0 Å². The molecule has 10 nitrogen and oxygen atoms in total. The van der Waals surface area contributed by atoms with Gasteiger partial charge < -0.3 is 23.7 Å². The molecular weight excluding hydrogens is 482 g/mol. The van der Waals surface area contributed by atoms with Crippen LogP contribution in [0.5, 0.6) is 5.75 Å². The molecule has 1 heterocycles. The molecule has 2 aromatic carbocycles. The van der Waals surface area contributed by atoms with E-state index in [9.17, 15) is 19.2 Å². The summed E-state index contributed by atoms with van der Waals surface area (Å²) in [6.07, 6.45) is -4.61. The Balaban J connectivity index is 1.90. The molecule has 4 atom stereocenters. The molecule has 0 bridgehead atoms. The lowest BCUT2D eigenvalue weighted by molar-refractivity contribution is -0.260. The highest BCUT2D eigenvalue weighted by Gasteiger charge is 2.48. The van der Waals surface area contributed by atoms with Gasteiger partial charge in [-0.2, -0.15) is 5.26 Å². The first kappa shape index (κ1) is 27.4. The Bertz CT molecular complexity index is 1220. The number of aryl methyl sites for hydroxylation is 2. The lowest BCUT2D eigenvalue weighted by Crippen LogP contribution is -2.59. The second-order valence-corrected chi connectivity index (χ2v) is 8.57. The van der Waals surface area contributed by atoms with Crippen LogP contribution >= 0.6 is 0 Å². The molecule has 1 fully saturated rings. The Morgan fingerprint density at radius 1 is 0.838 bits per heavy atom. The zero-order valence-electron chi connectivity index (χ0n) is 21.1. The number of carbonyl (C=O) groups is 4. The minimum absolute atomic E-state index is 0.173. The van der Waals surface area contributed by atoms with E-state index in [4.69, 9.17) is 28.9 Å². The first-order valence-corrected chi connectivity index (χ1v) is 11.5. The van der Waals surface area contributed by atoms with Gasteiger partial charge in [-0.25, -0.2) is 0 Å². The standard InChI is InChI=1S/C27H27NO9/c1-14-10-21(23(32)20-8-6-19(12-28)7-9-20)11-15(2)24(14)37-27-26(36-18(5)31)25(35-17(4)30)22(13-33-27)34-16(3)29/h6-11,22,25-27H,13H2,1-5H3/t22-,25+,26-,27-/m1/s1. The summed E-state index contributed by atoms with van der Waals surface area (Å²) in [6, 6.07) is 11.6. The SMILES string of the molecule is CC(=O)O[C@@H]1[C@@H](OC(C)=O)[C@@H](Oc2c(C)cc(C(=O)c3ccc(C#N)cc3)cc2C)OC[C@H]1OC(C)=O. The lowest BCUT2D eigenvalue weighted by Gasteiger charge is -2.40. The molecule has 37 heavy (non-hydrogen) atoms. The van der Waals surface area contributed by atoms with Gasteiger partial charge in [0.1, 0.15) is 5.75 Å². The monoisotopic (exact) mass is 509 g/mol. The summed E-state index contributed by atoms with van der Waals surface area (Å²) in [5.41, 5.74) is 2.51. The number of benzene rings is 2. The van der Waals surface area contributed by atoms with Crippen LogP contribution in [-0.4, -0.2) is 54.9 Å². The third-order valence-electron chi connectivity index (χ3n) is 5.54. The van der Waals surface area contributed by atoms with Gasteiger partial charge in [-0.05, 0) is 61.4 Å². The van der Waals surface area contributed by atoms with Gasteiger partial charge in [-0.15, -0.1) is 0 Å². The fourth-order valence-electron chi connectivity index (χ4n) is 4.06. The third-order valence-corrected chi connectivity index (χ3v) is 5.54. The summed E-state index contributed by atoms with van der Waals surface area (Å²) in [4.78, 5) is 48.2. The number of rotatable bonds is 7. The highest BCUT2D eigenvalue weighted by atomic mass is 16.7. The summed E-state index contributed by atoms with van der Waals surface area (Å²) in [7, 11) is 0. The van der Waals surface area contributed by atoms with Gasteiger partial charge in [0.25, 0.3) is 0 Å². The van der Waals surface area contributed by atoms with Crippen LogP contribution in [0.2, 0.25) is 0 Å². The predicted molar refractivity (Wildman–Crippen MR) is 128 cm³/mol. The summed E-state index contributed by atoms with van der Waals surface area (Å²) in [5.74, 6) is -1.82. The van der Waals surface area contributed by atoms with E-state index < -0.39 is 42.5 Å². The maximum absolute atomic E-state index is 13.0. The summed E-state index contributed by atoms with van der Waals surface area (Å²) in [5, 5.41) is 8.97. The van der Waals surface area contributed by atoms with Gasteiger partial charge >= 0.3 is 17.9 Å². The average molecular weight is 510 g/mol. The molecule has 194 valence electrons. The van der Waals surface area contributed by atoms with Crippen molar-refractivity contribution in [2.24, 2.45) is 0 Å². The van der Waals surface area contributed by atoms with Crippen molar-refractivity contribution in [2.45, 2.75) is 59.2 Å². The number of carbonyl (C=O) groups excluding carboxylic acids is 4. The molecule has 2 aromatic rings. The molecule has 1 aliphatic heterocycles. The highest BCUT2D eigenvalue weighted by Crippen LogP contribution is 2.31. The first-order chi connectivity index (χ1) is 17.5. The Kier molecular flexibility index (Phi) is 8.63. The van der Waals surface area contributed by atoms with Crippen molar-refractivity contribution in [3.63, 3.8) is 0 Å². The number of nitrogens with zero attached hydrogens (tertiary/aromatic N) is 1. The molecule has 10 heteroatoms.